The second-order valence-electron chi connectivity index (χ2n) is 5.45. The number of nitrogens with two attached hydrogens (primary N) is 1. The monoisotopic (exact) mass is 264 g/mol. The molecule has 4 heteroatoms. The Balaban J connectivity index is 2.17. The highest BCUT2D eigenvalue weighted by molar-refractivity contribution is 5.65. The molecule has 0 radical (unpaired) electrons. The second-order valence-corrected chi connectivity index (χ2v) is 5.45. The molecule has 1 rings (SSSR count). The van der Waals surface area contributed by atoms with E-state index in [4.69, 9.17) is 10.5 Å². The van der Waals surface area contributed by atoms with E-state index in [9.17, 15) is 4.79 Å². The van der Waals surface area contributed by atoms with Crippen LogP contribution in [-0.2, 0) is 11.3 Å². The Hall–Kier alpha value is -1.55. The van der Waals surface area contributed by atoms with Crippen molar-refractivity contribution in [3.05, 3.63) is 35.4 Å². The molecular weight excluding hydrogens is 240 g/mol. The topological polar surface area (TPSA) is 64.3 Å². The fraction of sp³-hybridized carbons (Fsp3) is 0.533. The molecule has 0 aliphatic carbocycles. The van der Waals surface area contributed by atoms with Crippen LogP contribution in [0.4, 0.5) is 4.79 Å². The van der Waals surface area contributed by atoms with E-state index in [1.165, 1.54) is 11.1 Å². The highest BCUT2D eigenvalue weighted by Gasteiger charge is 2.20. The molecule has 0 aliphatic heterocycles. The Kier molecular flexibility index (Phi) is 5.83. The largest absolute Gasteiger partial charge is 0.444 e. The molecule has 1 amide bonds. The molecule has 0 bridgehead atoms. The third kappa shape index (κ3) is 6.82. The average molecular weight is 264 g/mol. The summed E-state index contributed by atoms with van der Waals surface area (Å²) in [6.45, 7) is 7.57. The first-order chi connectivity index (χ1) is 8.89. The maximum absolute atomic E-state index is 10.7. The summed E-state index contributed by atoms with van der Waals surface area (Å²) in [6, 6.07) is 8.48. The number of hydrogen-bond donors (Lipinski definition) is 2. The van der Waals surface area contributed by atoms with Gasteiger partial charge in [-0.1, -0.05) is 29.8 Å². The first kappa shape index (κ1) is 15.5. The Morgan fingerprint density at radius 1 is 1.32 bits per heavy atom. The van der Waals surface area contributed by atoms with Gasteiger partial charge in [0.15, 0.2) is 0 Å². The van der Waals surface area contributed by atoms with Crippen molar-refractivity contribution in [2.24, 2.45) is 5.73 Å². The number of ether oxygens (including phenoxy) is 1. The van der Waals surface area contributed by atoms with E-state index in [0.29, 0.717) is 0 Å². The Morgan fingerprint density at radius 3 is 2.53 bits per heavy atom. The summed E-state index contributed by atoms with van der Waals surface area (Å²) in [5.41, 5.74) is 7.08. The number of rotatable bonds is 7. The summed E-state index contributed by atoms with van der Waals surface area (Å²) in [5.74, 6) is 0. The van der Waals surface area contributed by atoms with Crippen molar-refractivity contribution < 1.29 is 9.53 Å². The highest BCUT2D eigenvalue weighted by Crippen LogP contribution is 2.16. The SMILES string of the molecule is Cc1ccc(CNCCCC(C)(C)OC(N)=O)cc1. The predicted octanol–water partition coefficient (Wildman–Crippen LogP) is 2.74. The van der Waals surface area contributed by atoms with E-state index in [2.05, 4.69) is 36.5 Å². The minimum atomic E-state index is -0.711. The molecule has 0 heterocycles. The molecule has 3 N–H and O–H groups in total. The van der Waals surface area contributed by atoms with E-state index in [1.807, 2.05) is 13.8 Å². The molecule has 0 atom stereocenters. The van der Waals surface area contributed by atoms with Crippen LogP contribution in [0.2, 0.25) is 0 Å². The fourth-order valence-electron chi connectivity index (χ4n) is 1.90. The maximum atomic E-state index is 10.7. The zero-order valence-electron chi connectivity index (χ0n) is 12.0. The van der Waals surface area contributed by atoms with Crippen LogP contribution in [-0.4, -0.2) is 18.2 Å². The molecule has 0 aliphatic rings. The van der Waals surface area contributed by atoms with Crippen molar-refractivity contribution in [3.8, 4) is 0 Å². The van der Waals surface area contributed by atoms with E-state index in [-0.39, 0.29) is 0 Å². The number of primary amides is 1. The average Bonchev–Trinajstić information content (AvgIpc) is 2.29. The quantitative estimate of drug-likeness (QED) is 0.744. The smallest absolute Gasteiger partial charge is 0.405 e. The number of benzene rings is 1. The normalized spacial score (nSPS) is 11.3. The molecule has 0 unspecified atom stereocenters. The van der Waals surface area contributed by atoms with Gasteiger partial charge in [-0.05, 0) is 45.7 Å². The van der Waals surface area contributed by atoms with Crippen LogP contribution >= 0.6 is 0 Å². The van der Waals surface area contributed by atoms with Crippen LogP contribution in [0.3, 0.4) is 0 Å². The molecule has 4 nitrogen and oxygen atoms in total. The molecule has 1 aromatic rings. The highest BCUT2D eigenvalue weighted by atomic mass is 16.6. The lowest BCUT2D eigenvalue weighted by Gasteiger charge is -2.23. The molecule has 1 aromatic carbocycles. The summed E-state index contributed by atoms with van der Waals surface area (Å²) in [4.78, 5) is 10.7. The van der Waals surface area contributed by atoms with Crippen molar-refractivity contribution in [2.75, 3.05) is 6.54 Å². The van der Waals surface area contributed by atoms with Crippen LogP contribution in [0.25, 0.3) is 0 Å². The molecule has 0 saturated heterocycles. The third-order valence-corrected chi connectivity index (χ3v) is 2.96. The summed E-state index contributed by atoms with van der Waals surface area (Å²) in [6.07, 6.45) is 1.01. The molecule has 0 fully saturated rings. The first-order valence-corrected chi connectivity index (χ1v) is 6.64. The molecule has 19 heavy (non-hydrogen) atoms. The van der Waals surface area contributed by atoms with Gasteiger partial charge in [0.2, 0.25) is 0 Å². The number of amides is 1. The van der Waals surface area contributed by atoms with Gasteiger partial charge < -0.3 is 15.8 Å². The second kappa shape index (κ2) is 7.14. The number of carbonyl (C=O) groups excluding carboxylic acids is 1. The third-order valence-electron chi connectivity index (χ3n) is 2.96. The van der Waals surface area contributed by atoms with Gasteiger partial charge in [-0.15, -0.1) is 0 Å². The lowest BCUT2D eigenvalue weighted by Crippen LogP contribution is -2.32. The van der Waals surface area contributed by atoms with Crippen molar-refractivity contribution in [3.63, 3.8) is 0 Å². The van der Waals surface area contributed by atoms with Gasteiger partial charge in [0.05, 0.1) is 0 Å². The molecule has 0 aromatic heterocycles. The van der Waals surface area contributed by atoms with E-state index >= 15 is 0 Å². The van der Waals surface area contributed by atoms with Crippen molar-refractivity contribution in [1.82, 2.24) is 5.32 Å². The van der Waals surface area contributed by atoms with Crippen LogP contribution < -0.4 is 11.1 Å². The van der Waals surface area contributed by atoms with Gasteiger partial charge in [0, 0.05) is 6.54 Å². The first-order valence-electron chi connectivity index (χ1n) is 6.64. The molecule has 0 spiro atoms. The van der Waals surface area contributed by atoms with Gasteiger partial charge in [0.1, 0.15) is 5.60 Å². The van der Waals surface area contributed by atoms with Gasteiger partial charge in [0.25, 0.3) is 0 Å². The van der Waals surface area contributed by atoms with Gasteiger partial charge in [-0.3, -0.25) is 0 Å². The number of nitrogens with one attached hydrogen (secondary N) is 1. The van der Waals surface area contributed by atoms with Gasteiger partial charge >= 0.3 is 6.09 Å². The standard InChI is InChI=1S/C15H24N2O2/c1-12-5-7-13(8-6-12)11-17-10-4-9-15(2,3)19-14(16)18/h5-8,17H,4,9-11H2,1-3H3,(H2,16,18). The minimum absolute atomic E-state index is 0.489. The van der Waals surface area contributed by atoms with Crippen molar-refractivity contribution >= 4 is 6.09 Å². The summed E-state index contributed by atoms with van der Waals surface area (Å²) >= 11 is 0. The Morgan fingerprint density at radius 2 is 1.95 bits per heavy atom. The van der Waals surface area contributed by atoms with Crippen molar-refractivity contribution in [2.45, 2.75) is 45.8 Å². The van der Waals surface area contributed by atoms with Gasteiger partial charge in [-0.25, -0.2) is 4.79 Å². The summed E-state index contributed by atoms with van der Waals surface area (Å²) in [7, 11) is 0. The zero-order chi connectivity index (χ0) is 14.3. The zero-order valence-corrected chi connectivity index (χ0v) is 12.0. The van der Waals surface area contributed by atoms with Crippen LogP contribution in [0.1, 0.15) is 37.8 Å². The van der Waals surface area contributed by atoms with Crippen molar-refractivity contribution in [1.29, 1.82) is 0 Å². The summed E-state index contributed by atoms with van der Waals surface area (Å²) in [5, 5.41) is 3.38. The Bertz CT molecular complexity index is 399. The van der Waals surface area contributed by atoms with E-state index < -0.39 is 11.7 Å². The van der Waals surface area contributed by atoms with Crippen LogP contribution in [0.15, 0.2) is 24.3 Å². The number of aryl methyl sites for hydroxylation is 1. The Labute approximate surface area is 115 Å². The maximum Gasteiger partial charge on any atom is 0.405 e. The molecule has 0 saturated carbocycles. The molecule has 106 valence electrons. The lowest BCUT2D eigenvalue weighted by atomic mass is 10.0. The number of hydrogen-bond acceptors (Lipinski definition) is 3. The fourth-order valence-corrected chi connectivity index (χ4v) is 1.90. The van der Waals surface area contributed by atoms with Gasteiger partial charge in [-0.2, -0.15) is 0 Å². The summed E-state index contributed by atoms with van der Waals surface area (Å²) < 4.78 is 5.03. The van der Waals surface area contributed by atoms with E-state index in [0.717, 1.165) is 25.9 Å². The number of carbonyl (C=O) groups is 1. The molecular formula is C15H24N2O2. The van der Waals surface area contributed by atoms with Crippen LogP contribution in [0.5, 0.6) is 0 Å². The lowest BCUT2D eigenvalue weighted by molar-refractivity contribution is 0.0377. The van der Waals surface area contributed by atoms with Crippen LogP contribution in [0, 0.1) is 6.92 Å². The predicted molar refractivity (Wildman–Crippen MR) is 76.9 cm³/mol. The van der Waals surface area contributed by atoms with E-state index in [1.54, 1.807) is 0 Å². The minimum Gasteiger partial charge on any atom is -0.444 e.